The second kappa shape index (κ2) is 15.5. The van der Waals surface area contributed by atoms with Gasteiger partial charge in [-0.1, -0.05) is 0 Å². The van der Waals surface area contributed by atoms with Crippen molar-refractivity contribution in [2.75, 3.05) is 53.6 Å². The van der Waals surface area contributed by atoms with E-state index in [0.29, 0.717) is 12.6 Å². The standard InChI is InChI=1S/C22H38N4O3.HI/c1-5-23-22(25-19-11-14-26(15-12-19)13-6-16-27-3)24-17-18(2)29-21-9-7-20(28-4)8-10-21;/h7-10,18-19H,5-6,11-17H2,1-4H3,(H2,23,24,25);1H. The van der Waals surface area contributed by atoms with Crippen LogP contribution in [-0.4, -0.2) is 76.6 Å². The highest BCUT2D eigenvalue weighted by Gasteiger charge is 2.19. The molecular weight excluding hydrogens is 495 g/mol. The third-order valence-electron chi connectivity index (χ3n) is 5.00. The zero-order chi connectivity index (χ0) is 20.9. The van der Waals surface area contributed by atoms with Gasteiger partial charge in [0, 0.05) is 45.9 Å². The first kappa shape index (κ1) is 26.8. The van der Waals surface area contributed by atoms with Crippen LogP contribution in [0.2, 0.25) is 0 Å². The summed E-state index contributed by atoms with van der Waals surface area (Å²) >= 11 is 0. The first-order chi connectivity index (χ1) is 14.1. The van der Waals surface area contributed by atoms with Crippen LogP contribution in [-0.2, 0) is 4.74 Å². The van der Waals surface area contributed by atoms with Gasteiger partial charge in [0.25, 0.3) is 0 Å². The van der Waals surface area contributed by atoms with Crippen LogP contribution in [0.1, 0.15) is 33.1 Å². The monoisotopic (exact) mass is 534 g/mol. The smallest absolute Gasteiger partial charge is 0.191 e. The van der Waals surface area contributed by atoms with Crippen molar-refractivity contribution >= 4 is 29.9 Å². The van der Waals surface area contributed by atoms with Crippen molar-refractivity contribution in [3.63, 3.8) is 0 Å². The predicted molar refractivity (Wildman–Crippen MR) is 134 cm³/mol. The van der Waals surface area contributed by atoms with Crippen LogP contribution in [0.25, 0.3) is 0 Å². The minimum Gasteiger partial charge on any atom is -0.497 e. The zero-order valence-corrected chi connectivity index (χ0v) is 21.2. The molecule has 0 aromatic heterocycles. The maximum absolute atomic E-state index is 5.96. The Labute approximate surface area is 199 Å². The van der Waals surface area contributed by atoms with Gasteiger partial charge in [0.15, 0.2) is 5.96 Å². The molecule has 1 unspecified atom stereocenters. The quantitative estimate of drug-likeness (QED) is 0.197. The molecule has 1 atom stereocenters. The predicted octanol–water partition coefficient (Wildman–Crippen LogP) is 3.14. The molecule has 2 N–H and O–H groups in total. The number of benzene rings is 1. The fraction of sp³-hybridized carbons (Fsp3) is 0.682. The summed E-state index contributed by atoms with van der Waals surface area (Å²) in [6.07, 6.45) is 3.36. The van der Waals surface area contributed by atoms with Gasteiger partial charge in [-0.3, -0.25) is 0 Å². The van der Waals surface area contributed by atoms with Crippen molar-refractivity contribution in [3.8, 4) is 11.5 Å². The van der Waals surface area contributed by atoms with Gasteiger partial charge >= 0.3 is 0 Å². The molecule has 0 aliphatic carbocycles. The van der Waals surface area contributed by atoms with E-state index < -0.39 is 0 Å². The molecule has 30 heavy (non-hydrogen) atoms. The summed E-state index contributed by atoms with van der Waals surface area (Å²) in [5, 5.41) is 6.95. The maximum atomic E-state index is 5.96. The first-order valence-electron chi connectivity index (χ1n) is 10.7. The summed E-state index contributed by atoms with van der Waals surface area (Å²) in [4.78, 5) is 7.25. The topological polar surface area (TPSA) is 67.4 Å². The molecule has 0 amide bonds. The molecule has 2 rings (SSSR count). The van der Waals surface area contributed by atoms with Crippen LogP contribution < -0.4 is 20.1 Å². The van der Waals surface area contributed by atoms with E-state index in [1.165, 1.54) is 0 Å². The number of ether oxygens (including phenoxy) is 3. The number of nitrogens with zero attached hydrogens (tertiary/aromatic N) is 2. The van der Waals surface area contributed by atoms with E-state index in [9.17, 15) is 0 Å². The highest BCUT2D eigenvalue weighted by molar-refractivity contribution is 14.0. The number of methoxy groups -OCH3 is 2. The van der Waals surface area contributed by atoms with Gasteiger partial charge in [-0.15, -0.1) is 24.0 Å². The largest absolute Gasteiger partial charge is 0.497 e. The molecule has 1 aliphatic heterocycles. The summed E-state index contributed by atoms with van der Waals surface area (Å²) in [6, 6.07) is 8.10. The van der Waals surface area contributed by atoms with Crippen molar-refractivity contribution in [1.29, 1.82) is 0 Å². The average Bonchev–Trinajstić information content (AvgIpc) is 2.74. The molecule has 0 spiro atoms. The SMILES string of the molecule is CCNC(=NCC(C)Oc1ccc(OC)cc1)NC1CCN(CCCOC)CC1.I. The van der Waals surface area contributed by atoms with E-state index >= 15 is 0 Å². The fourth-order valence-electron chi connectivity index (χ4n) is 3.39. The summed E-state index contributed by atoms with van der Waals surface area (Å²) in [6.45, 7) is 9.77. The lowest BCUT2D eigenvalue weighted by molar-refractivity contribution is 0.155. The molecule has 0 saturated carbocycles. The molecule has 1 saturated heterocycles. The van der Waals surface area contributed by atoms with Crippen LogP contribution in [0.5, 0.6) is 11.5 Å². The van der Waals surface area contributed by atoms with Gasteiger partial charge in [0.05, 0.1) is 13.7 Å². The molecule has 8 heteroatoms. The lowest BCUT2D eigenvalue weighted by Crippen LogP contribution is -2.49. The lowest BCUT2D eigenvalue weighted by atomic mass is 10.1. The Morgan fingerprint density at radius 1 is 1.17 bits per heavy atom. The Balaban J connectivity index is 0.00000450. The minimum atomic E-state index is -0.0125. The van der Waals surface area contributed by atoms with Gasteiger partial charge in [0.2, 0.25) is 0 Å². The number of nitrogens with one attached hydrogen (secondary N) is 2. The Bertz CT molecular complexity index is 593. The number of likely N-dealkylation sites (tertiary alicyclic amines) is 1. The lowest BCUT2D eigenvalue weighted by Gasteiger charge is -2.33. The van der Waals surface area contributed by atoms with Gasteiger partial charge in [-0.2, -0.15) is 0 Å². The molecule has 7 nitrogen and oxygen atoms in total. The molecule has 0 bridgehead atoms. The Hall–Kier alpha value is -1.26. The van der Waals surface area contributed by atoms with Crippen molar-refractivity contribution in [2.45, 2.75) is 45.3 Å². The van der Waals surface area contributed by atoms with Crippen LogP contribution in [0.15, 0.2) is 29.3 Å². The van der Waals surface area contributed by atoms with Crippen LogP contribution in [0.4, 0.5) is 0 Å². The van der Waals surface area contributed by atoms with E-state index in [1.54, 1.807) is 14.2 Å². The number of aliphatic imine (C=N–C) groups is 1. The minimum absolute atomic E-state index is 0. The highest BCUT2D eigenvalue weighted by atomic mass is 127. The fourth-order valence-corrected chi connectivity index (χ4v) is 3.39. The van der Waals surface area contributed by atoms with Crippen LogP contribution in [0.3, 0.4) is 0 Å². The Kier molecular flexibility index (Phi) is 13.9. The van der Waals surface area contributed by atoms with Gasteiger partial charge in [-0.25, -0.2) is 4.99 Å². The Morgan fingerprint density at radius 2 is 1.83 bits per heavy atom. The molecule has 172 valence electrons. The number of guanidine groups is 1. The molecule has 1 aliphatic rings. The molecule has 1 heterocycles. The van der Waals surface area contributed by atoms with E-state index in [1.807, 2.05) is 31.2 Å². The van der Waals surface area contributed by atoms with Crippen molar-refractivity contribution in [3.05, 3.63) is 24.3 Å². The molecule has 1 fully saturated rings. The second-order valence-corrected chi connectivity index (χ2v) is 7.43. The van der Waals surface area contributed by atoms with Gasteiger partial charge < -0.3 is 29.7 Å². The van der Waals surface area contributed by atoms with Gasteiger partial charge in [-0.05, 0) is 57.4 Å². The van der Waals surface area contributed by atoms with Crippen LogP contribution >= 0.6 is 24.0 Å². The second-order valence-electron chi connectivity index (χ2n) is 7.43. The van der Waals surface area contributed by atoms with E-state index in [-0.39, 0.29) is 30.1 Å². The van der Waals surface area contributed by atoms with Crippen LogP contribution in [0, 0.1) is 0 Å². The number of rotatable bonds is 11. The molecule has 0 radical (unpaired) electrons. The number of hydrogen-bond donors (Lipinski definition) is 2. The van der Waals surface area contributed by atoms with Crippen molar-refractivity contribution in [1.82, 2.24) is 15.5 Å². The summed E-state index contributed by atoms with van der Waals surface area (Å²) < 4.78 is 16.3. The number of halogens is 1. The van der Waals surface area contributed by atoms with Gasteiger partial charge in [0.1, 0.15) is 17.6 Å². The molecular formula is C22H39IN4O3. The number of hydrogen-bond acceptors (Lipinski definition) is 5. The average molecular weight is 534 g/mol. The number of piperidine rings is 1. The van der Waals surface area contributed by atoms with E-state index in [2.05, 4.69) is 22.5 Å². The third kappa shape index (κ3) is 10.2. The molecule has 1 aromatic carbocycles. The summed E-state index contributed by atoms with van der Waals surface area (Å²) in [5.41, 5.74) is 0. The zero-order valence-electron chi connectivity index (χ0n) is 18.9. The highest BCUT2D eigenvalue weighted by Crippen LogP contribution is 2.18. The third-order valence-corrected chi connectivity index (χ3v) is 5.00. The first-order valence-corrected chi connectivity index (χ1v) is 10.7. The van der Waals surface area contributed by atoms with E-state index in [4.69, 9.17) is 19.2 Å². The summed E-state index contributed by atoms with van der Waals surface area (Å²) in [5.74, 6) is 2.52. The Morgan fingerprint density at radius 3 is 2.43 bits per heavy atom. The van der Waals surface area contributed by atoms with Crippen molar-refractivity contribution < 1.29 is 14.2 Å². The maximum Gasteiger partial charge on any atom is 0.191 e. The van der Waals surface area contributed by atoms with Crippen molar-refractivity contribution in [2.24, 2.45) is 4.99 Å². The molecule has 1 aromatic rings. The summed E-state index contributed by atoms with van der Waals surface area (Å²) in [7, 11) is 3.42. The normalized spacial score (nSPS) is 16.5. The van der Waals surface area contributed by atoms with E-state index in [0.717, 1.165) is 69.5 Å².